The lowest BCUT2D eigenvalue weighted by Crippen LogP contribution is -2.46. The van der Waals surface area contributed by atoms with Crippen LogP contribution in [0, 0.1) is 0 Å². The molecule has 1 aromatic rings. The number of imidazole rings is 1. The zero-order valence-electron chi connectivity index (χ0n) is 14.0. The molecular formula is C16H28N4O2S. The van der Waals surface area contributed by atoms with E-state index < -0.39 is 10.2 Å². The lowest BCUT2D eigenvalue weighted by atomic mass is 9.99. The molecule has 0 amide bonds. The van der Waals surface area contributed by atoms with Gasteiger partial charge in [-0.1, -0.05) is 13.3 Å². The lowest BCUT2D eigenvalue weighted by molar-refractivity contribution is 0.283. The minimum Gasteiger partial charge on any atom is -0.335 e. The average molecular weight is 340 g/mol. The second-order valence-corrected chi connectivity index (χ2v) is 8.57. The molecule has 23 heavy (non-hydrogen) atoms. The van der Waals surface area contributed by atoms with Crippen molar-refractivity contribution < 1.29 is 8.42 Å². The Kier molecular flexibility index (Phi) is 5.38. The standard InChI is InChI=1S/C16H28N4O2S/c1-2-3-9-18-13-8-17-16(18)15-7-6-12-20(14-15)23(21,22)19-10-4-5-11-19/h8,13,15H,2-7,9-12,14H2,1H3. The van der Waals surface area contributed by atoms with Crippen molar-refractivity contribution >= 4 is 10.2 Å². The zero-order valence-corrected chi connectivity index (χ0v) is 14.8. The highest BCUT2D eigenvalue weighted by Gasteiger charge is 2.36. The Morgan fingerprint density at radius 2 is 1.91 bits per heavy atom. The number of piperidine rings is 1. The van der Waals surface area contributed by atoms with Gasteiger partial charge in [-0.3, -0.25) is 0 Å². The Hall–Kier alpha value is -0.920. The van der Waals surface area contributed by atoms with Gasteiger partial charge in [0.1, 0.15) is 5.82 Å². The highest BCUT2D eigenvalue weighted by molar-refractivity contribution is 7.86. The molecule has 1 aromatic heterocycles. The van der Waals surface area contributed by atoms with Crippen LogP contribution in [0.1, 0.15) is 57.2 Å². The number of aryl methyl sites for hydroxylation is 1. The fourth-order valence-electron chi connectivity index (χ4n) is 3.64. The molecule has 0 saturated carbocycles. The van der Waals surface area contributed by atoms with E-state index in [0.29, 0.717) is 26.2 Å². The third-order valence-corrected chi connectivity index (χ3v) is 6.97. The molecule has 1 unspecified atom stereocenters. The lowest BCUT2D eigenvalue weighted by Gasteiger charge is -2.34. The summed E-state index contributed by atoms with van der Waals surface area (Å²) < 4.78 is 31.1. The summed E-state index contributed by atoms with van der Waals surface area (Å²) in [5, 5.41) is 0. The Labute approximate surface area is 139 Å². The Morgan fingerprint density at radius 1 is 1.17 bits per heavy atom. The van der Waals surface area contributed by atoms with Gasteiger partial charge in [-0.15, -0.1) is 0 Å². The van der Waals surface area contributed by atoms with Crippen LogP contribution in [0.15, 0.2) is 12.4 Å². The average Bonchev–Trinajstić information content (AvgIpc) is 3.24. The van der Waals surface area contributed by atoms with Crippen molar-refractivity contribution in [2.75, 3.05) is 26.2 Å². The number of hydrogen-bond acceptors (Lipinski definition) is 3. The van der Waals surface area contributed by atoms with Crippen LogP contribution in [-0.4, -0.2) is 52.8 Å². The molecule has 0 spiro atoms. The highest BCUT2D eigenvalue weighted by Crippen LogP contribution is 2.29. The summed E-state index contributed by atoms with van der Waals surface area (Å²) in [6, 6.07) is 0. The molecule has 2 fully saturated rings. The van der Waals surface area contributed by atoms with E-state index >= 15 is 0 Å². The van der Waals surface area contributed by atoms with Crippen molar-refractivity contribution in [2.45, 2.75) is 57.9 Å². The molecule has 3 rings (SSSR count). The minimum absolute atomic E-state index is 0.216. The summed E-state index contributed by atoms with van der Waals surface area (Å²) in [6.07, 6.45) is 10.1. The van der Waals surface area contributed by atoms with Crippen molar-refractivity contribution in [1.29, 1.82) is 0 Å². The topological polar surface area (TPSA) is 58.4 Å². The first-order valence-electron chi connectivity index (χ1n) is 8.89. The van der Waals surface area contributed by atoms with Crippen LogP contribution in [0.4, 0.5) is 0 Å². The predicted molar refractivity (Wildman–Crippen MR) is 90.4 cm³/mol. The number of rotatable bonds is 6. The first-order valence-corrected chi connectivity index (χ1v) is 10.3. The van der Waals surface area contributed by atoms with Gasteiger partial charge in [-0.2, -0.15) is 17.0 Å². The third kappa shape index (κ3) is 3.61. The monoisotopic (exact) mass is 340 g/mol. The van der Waals surface area contributed by atoms with Crippen molar-refractivity contribution in [3.63, 3.8) is 0 Å². The van der Waals surface area contributed by atoms with Gasteiger partial charge in [0.15, 0.2) is 0 Å². The summed E-state index contributed by atoms with van der Waals surface area (Å²) in [5.41, 5.74) is 0. The van der Waals surface area contributed by atoms with Crippen LogP contribution in [0.3, 0.4) is 0 Å². The van der Waals surface area contributed by atoms with E-state index in [4.69, 9.17) is 0 Å². The summed E-state index contributed by atoms with van der Waals surface area (Å²) in [7, 11) is -3.29. The molecule has 0 N–H and O–H groups in total. The zero-order chi connectivity index (χ0) is 16.3. The predicted octanol–water partition coefficient (Wildman–Crippen LogP) is 2.20. The Bertz CT molecular complexity index is 607. The number of nitrogens with zero attached hydrogens (tertiary/aromatic N) is 4. The van der Waals surface area contributed by atoms with Crippen molar-refractivity contribution in [3.8, 4) is 0 Å². The smallest absolute Gasteiger partial charge is 0.281 e. The van der Waals surface area contributed by atoms with Crippen LogP contribution in [0.2, 0.25) is 0 Å². The van der Waals surface area contributed by atoms with Gasteiger partial charge < -0.3 is 4.57 Å². The maximum Gasteiger partial charge on any atom is 0.281 e. The maximum atomic E-state index is 12.8. The molecule has 2 aliphatic heterocycles. The summed E-state index contributed by atoms with van der Waals surface area (Å²) in [4.78, 5) is 4.53. The number of aromatic nitrogens is 2. The Balaban J connectivity index is 1.72. The second kappa shape index (κ2) is 7.32. The minimum atomic E-state index is -3.29. The van der Waals surface area contributed by atoms with E-state index in [0.717, 1.165) is 50.9 Å². The largest absolute Gasteiger partial charge is 0.335 e. The molecule has 1 atom stereocenters. The molecular weight excluding hydrogens is 312 g/mol. The van der Waals surface area contributed by atoms with Crippen molar-refractivity contribution in [2.24, 2.45) is 0 Å². The van der Waals surface area contributed by atoms with Crippen LogP contribution in [0.5, 0.6) is 0 Å². The maximum absolute atomic E-state index is 12.8. The van der Waals surface area contributed by atoms with Crippen molar-refractivity contribution in [1.82, 2.24) is 18.2 Å². The van der Waals surface area contributed by atoms with E-state index in [9.17, 15) is 8.42 Å². The van der Waals surface area contributed by atoms with Crippen LogP contribution < -0.4 is 0 Å². The van der Waals surface area contributed by atoms with Gasteiger partial charge in [0.05, 0.1) is 0 Å². The highest BCUT2D eigenvalue weighted by atomic mass is 32.2. The molecule has 0 aromatic carbocycles. The molecule has 0 bridgehead atoms. The first-order chi connectivity index (χ1) is 11.1. The van der Waals surface area contributed by atoms with E-state index in [-0.39, 0.29) is 5.92 Å². The molecule has 6 nitrogen and oxygen atoms in total. The van der Waals surface area contributed by atoms with Crippen LogP contribution >= 0.6 is 0 Å². The van der Waals surface area contributed by atoms with Crippen LogP contribution in [0.25, 0.3) is 0 Å². The fraction of sp³-hybridized carbons (Fsp3) is 0.812. The van der Waals surface area contributed by atoms with Crippen molar-refractivity contribution in [3.05, 3.63) is 18.2 Å². The van der Waals surface area contributed by atoms with Gasteiger partial charge >= 0.3 is 0 Å². The molecule has 130 valence electrons. The van der Waals surface area contributed by atoms with Crippen LogP contribution in [-0.2, 0) is 16.8 Å². The molecule has 3 heterocycles. The number of hydrogen-bond donors (Lipinski definition) is 0. The van der Waals surface area contributed by atoms with Gasteiger partial charge in [0, 0.05) is 51.0 Å². The van der Waals surface area contributed by atoms with Gasteiger partial charge in [-0.05, 0) is 32.1 Å². The molecule has 7 heteroatoms. The van der Waals surface area contributed by atoms with E-state index in [2.05, 4.69) is 16.5 Å². The molecule has 0 aliphatic carbocycles. The number of unbranched alkanes of at least 4 members (excludes halogenated alkanes) is 1. The van der Waals surface area contributed by atoms with Gasteiger partial charge in [-0.25, -0.2) is 4.98 Å². The normalized spacial score (nSPS) is 24.3. The summed E-state index contributed by atoms with van der Waals surface area (Å²) in [5.74, 6) is 1.27. The fourth-order valence-corrected chi connectivity index (χ4v) is 5.42. The van der Waals surface area contributed by atoms with E-state index in [1.807, 2.05) is 12.4 Å². The third-order valence-electron chi connectivity index (χ3n) is 4.97. The first kappa shape index (κ1) is 16.9. The summed E-state index contributed by atoms with van der Waals surface area (Å²) in [6.45, 7) is 5.72. The SMILES string of the molecule is CCCCn1ccnc1C1CCCN(S(=O)(=O)N2CCCC2)C1. The molecule has 0 radical (unpaired) electrons. The van der Waals surface area contributed by atoms with Gasteiger partial charge in [0.2, 0.25) is 0 Å². The van der Waals surface area contributed by atoms with Gasteiger partial charge in [0.25, 0.3) is 10.2 Å². The molecule has 2 aliphatic rings. The Morgan fingerprint density at radius 3 is 2.65 bits per heavy atom. The molecule has 2 saturated heterocycles. The van der Waals surface area contributed by atoms with E-state index in [1.165, 1.54) is 0 Å². The second-order valence-electron chi connectivity index (χ2n) is 6.64. The van der Waals surface area contributed by atoms with E-state index in [1.54, 1.807) is 8.61 Å². The quantitative estimate of drug-likeness (QED) is 0.798. The summed E-state index contributed by atoms with van der Waals surface area (Å²) >= 11 is 0.